The number of anilines is 2. The Morgan fingerprint density at radius 3 is 2.00 bits per heavy atom. The maximum absolute atomic E-state index is 13.6. The zero-order valence-corrected chi connectivity index (χ0v) is 19.1. The number of urea groups is 1. The molecule has 0 saturated carbocycles. The van der Waals surface area contributed by atoms with Crippen LogP contribution in [-0.2, 0) is 0 Å². The van der Waals surface area contributed by atoms with Crippen molar-refractivity contribution in [1.82, 2.24) is 19.7 Å². The number of piperidine rings is 1. The molecule has 7 heteroatoms. The monoisotopic (exact) mass is 435 g/mol. The number of hydrogen-bond donors (Lipinski definition) is 0. The van der Waals surface area contributed by atoms with E-state index in [2.05, 4.69) is 28.6 Å². The van der Waals surface area contributed by atoms with E-state index in [0.717, 1.165) is 35.2 Å². The Morgan fingerprint density at radius 2 is 1.52 bits per heavy atom. The molecule has 1 aliphatic rings. The molecule has 3 aromatic rings. The minimum absolute atomic E-state index is 0.0194. The van der Waals surface area contributed by atoms with Gasteiger partial charge in [-0.3, -0.25) is 4.90 Å². The van der Waals surface area contributed by atoms with Gasteiger partial charge in [0.05, 0.1) is 11.4 Å². The van der Waals surface area contributed by atoms with E-state index in [1.54, 1.807) is 11.8 Å². The third-order valence-electron chi connectivity index (χ3n) is 5.74. The first-order valence-electron chi connectivity index (χ1n) is 10.8. The molecular formula is C24H29N5OS. The van der Waals surface area contributed by atoms with Crippen molar-refractivity contribution in [3.05, 3.63) is 66.5 Å². The number of carbonyl (C=O) groups is 1. The minimum Gasteiger partial charge on any atom is -0.324 e. The van der Waals surface area contributed by atoms with Crippen LogP contribution in [0.1, 0.15) is 44.5 Å². The van der Waals surface area contributed by atoms with Crippen molar-refractivity contribution in [3.8, 4) is 0 Å². The molecule has 0 radical (unpaired) electrons. The summed E-state index contributed by atoms with van der Waals surface area (Å²) in [6.45, 7) is 5.75. The van der Waals surface area contributed by atoms with Crippen LogP contribution in [0.25, 0.3) is 0 Å². The van der Waals surface area contributed by atoms with E-state index in [1.807, 2.05) is 76.7 Å². The van der Waals surface area contributed by atoms with Gasteiger partial charge < -0.3 is 9.47 Å². The molecule has 1 fully saturated rings. The summed E-state index contributed by atoms with van der Waals surface area (Å²) in [4.78, 5) is 17.4. The molecular weight excluding hydrogens is 406 g/mol. The van der Waals surface area contributed by atoms with Crippen LogP contribution in [0.15, 0.2) is 65.8 Å². The fourth-order valence-corrected chi connectivity index (χ4v) is 4.81. The first-order valence-corrected chi connectivity index (χ1v) is 12.0. The number of thioether (sulfide) groups is 1. The number of carbonyl (C=O) groups excluding carboxylic acids is 1. The van der Waals surface area contributed by atoms with E-state index in [4.69, 9.17) is 0 Å². The number of benzene rings is 2. The number of likely N-dealkylation sites (tertiary alicyclic amines) is 1. The van der Waals surface area contributed by atoms with Crippen molar-refractivity contribution < 1.29 is 4.79 Å². The number of para-hydroxylation sites is 2. The lowest BCUT2D eigenvalue weighted by atomic mass is 9.96. The van der Waals surface area contributed by atoms with E-state index < -0.39 is 0 Å². The first kappa shape index (κ1) is 21.4. The molecule has 0 spiro atoms. The highest BCUT2D eigenvalue weighted by atomic mass is 32.2. The Morgan fingerprint density at radius 1 is 0.968 bits per heavy atom. The van der Waals surface area contributed by atoms with Crippen LogP contribution >= 0.6 is 11.8 Å². The molecule has 0 atom stereocenters. The second kappa shape index (κ2) is 9.56. The SMILES string of the molecule is CSc1nnc(C2CCN(C(=O)N(c3ccccc3)c3ccccc3)CC2)n1C(C)C. The van der Waals surface area contributed by atoms with Crippen LogP contribution in [0, 0.1) is 0 Å². The molecule has 0 N–H and O–H groups in total. The van der Waals surface area contributed by atoms with Gasteiger partial charge in [0, 0.05) is 25.0 Å². The molecule has 4 rings (SSSR count). The topological polar surface area (TPSA) is 54.3 Å². The molecule has 1 aromatic heterocycles. The van der Waals surface area contributed by atoms with Gasteiger partial charge in [-0.05, 0) is 57.2 Å². The summed E-state index contributed by atoms with van der Waals surface area (Å²) in [6.07, 6.45) is 3.82. The summed E-state index contributed by atoms with van der Waals surface area (Å²) in [6, 6.07) is 20.1. The van der Waals surface area contributed by atoms with Crippen LogP contribution in [0.4, 0.5) is 16.2 Å². The third kappa shape index (κ3) is 4.46. The molecule has 0 aliphatic carbocycles. The van der Waals surface area contributed by atoms with Crippen LogP contribution in [0.5, 0.6) is 0 Å². The molecule has 2 amide bonds. The fourth-order valence-electron chi connectivity index (χ4n) is 4.19. The molecule has 31 heavy (non-hydrogen) atoms. The highest BCUT2D eigenvalue weighted by molar-refractivity contribution is 7.98. The summed E-state index contributed by atoms with van der Waals surface area (Å²) in [7, 11) is 0. The average Bonchev–Trinajstić information content (AvgIpc) is 3.25. The molecule has 0 unspecified atom stereocenters. The number of aromatic nitrogens is 3. The highest BCUT2D eigenvalue weighted by Crippen LogP contribution is 2.33. The van der Waals surface area contributed by atoms with Crippen molar-refractivity contribution in [2.24, 2.45) is 0 Å². The van der Waals surface area contributed by atoms with Gasteiger partial charge in [0.1, 0.15) is 5.82 Å². The number of hydrogen-bond acceptors (Lipinski definition) is 4. The van der Waals surface area contributed by atoms with Crippen LogP contribution < -0.4 is 4.90 Å². The van der Waals surface area contributed by atoms with Gasteiger partial charge in [0.15, 0.2) is 5.16 Å². The predicted molar refractivity (Wildman–Crippen MR) is 126 cm³/mol. The Hall–Kier alpha value is -2.80. The Balaban J connectivity index is 1.53. The number of amides is 2. The Labute approximate surface area is 188 Å². The van der Waals surface area contributed by atoms with Crippen molar-refractivity contribution in [1.29, 1.82) is 0 Å². The van der Waals surface area contributed by atoms with Gasteiger partial charge in [-0.2, -0.15) is 0 Å². The molecule has 162 valence electrons. The lowest BCUT2D eigenvalue weighted by Gasteiger charge is -2.36. The first-order chi connectivity index (χ1) is 15.1. The van der Waals surface area contributed by atoms with Crippen LogP contribution in [0.3, 0.4) is 0 Å². The molecule has 0 bridgehead atoms. The number of rotatable bonds is 5. The van der Waals surface area contributed by atoms with Gasteiger partial charge in [-0.1, -0.05) is 48.2 Å². The van der Waals surface area contributed by atoms with Crippen molar-refractivity contribution in [3.63, 3.8) is 0 Å². The minimum atomic E-state index is 0.0194. The van der Waals surface area contributed by atoms with E-state index in [-0.39, 0.29) is 6.03 Å². The number of nitrogens with zero attached hydrogens (tertiary/aromatic N) is 5. The summed E-state index contributed by atoms with van der Waals surface area (Å²) in [5.74, 6) is 1.37. The van der Waals surface area contributed by atoms with Gasteiger partial charge in [0.25, 0.3) is 0 Å². The van der Waals surface area contributed by atoms with Gasteiger partial charge in [-0.25, -0.2) is 4.79 Å². The quantitative estimate of drug-likeness (QED) is 0.481. The smallest absolute Gasteiger partial charge is 0.324 e. The van der Waals surface area contributed by atoms with Gasteiger partial charge in [-0.15, -0.1) is 10.2 Å². The predicted octanol–water partition coefficient (Wildman–Crippen LogP) is 5.72. The molecule has 6 nitrogen and oxygen atoms in total. The normalized spacial score (nSPS) is 14.8. The third-order valence-corrected chi connectivity index (χ3v) is 6.38. The summed E-state index contributed by atoms with van der Waals surface area (Å²) in [5, 5.41) is 9.85. The Kier molecular flexibility index (Phi) is 6.61. The molecule has 1 aliphatic heterocycles. The van der Waals surface area contributed by atoms with Gasteiger partial charge >= 0.3 is 6.03 Å². The average molecular weight is 436 g/mol. The standard InChI is InChI=1S/C24H29N5OS/c1-18(2)28-22(25-26-23(28)31-3)19-14-16-27(17-15-19)24(30)29(20-10-6-4-7-11-20)21-12-8-5-9-13-21/h4-13,18-19H,14-17H2,1-3H3. The summed E-state index contributed by atoms with van der Waals surface area (Å²) in [5.41, 5.74) is 1.76. The van der Waals surface area contributed by atoms with E-state index >= 15 is 0 Å². The van der Waals surface area contributed by atoms with E-state index in [0.29, 0.717) is 25.0 Å². The largest absolute Gasteiger partial charge is 0.329 e. The van der Waals surface area contributed by atoms with Crippen molar-refractivity contribution in [2.45, 2.75) is 43.8 Å². The van der Waals surface area contributed by atoms with E-state index in [1.165, 1.54) is 0 Å². The lowest BCUT2D eigenvalue weighted by molar-refractivity contribution is 0.188. The maximum atomic E-state index is 13.6. The fraction of sp³-hybridized carbons (Fsp3) is 0.375. The second-order valence-corrected chi connectivity index (χ2v) is 8.83. The zero-order valence-electron chi connectivity index (χ0n) is 18.3. The summed E-state index contributed by atoms with van der Waals surface area (Å²) >= 11 is 1.63. The molecule has 2 heterocycles. The molecule has 2 aromatic carbocycles. The van der Waals surface area contributed by atoms with Crippen molar-refractivity contribution in [2.75, 3.05) is 24.2 Å². The highest BCUT2D eigenvalue weighted by Gasteiger charge is 2.31. The Bertz CT molecular complexity index is 958. The van der Waals surface area contributed by atoms with Crippen LogP contribution in [0.2, 0.25) is 0 Å². The second-order valence-electron chi connectivity index (χ2n) is 8.06. The summed E-state index contributed by atoms with van der Waals surface area (Å²) < 4.78 is 2.24. The molecule has 1 saturated heterocycles. The zero-order chi connectivity index (χ0) is 21.8. The lowest BCUT2D eigenvalue weighted by Crippen LogP contribution is -2.45. The van der Waals surface area contributed by atoms with E-state index in [9.17, 15) is 4.79 Å². The van der Waals surface area contributed by atoms with Gasteiger partial charge in [0.2, 0.25) is 0 Å². The maximum Gasteiger partial charge on any atom is 0.329 e. The van der Waals surface area contributed by atoms with Crippen molar-refractivity contribution >= 4 is 29.2 Å². The van der Waals surface area contributed by atoms with Crippen LogP contribution in [-0.4, -0.2) is 45.0 Å².